The lowest BCUT2D eigenvalue weighted by atomic mass is 9.98. The highest BCUT2D eigenvalue weighted by Gasteiger charge is 2.42. The predicted molar refractivity (Wildman–Crippen MR) is 64.5 cm³/mol. The van der Waals surface area contributed by atoms with Crippen molar-refractivity contribution in [2.75, 3.05) is 33.4 Å². The van der Waals surface area contributed by atoms with Crippen molar-refractivity contribution in [2.45, 2.75) is 32.7 Å². The van der Waals surface area contributed by atoms with Crippen LogP contribution in [0, 0.1) is 0 Å². The van der Waals surface area contributed by atoms with Crippen molar-refractivity contribution in [1.82, 2.24) is 9.80 Å². The molecule has 0 saturated carbocycles. The molecular weight excluding hydrogens is 220 g/mol. The number of carbonyl (C=O) groups is 2. The minimum Gasteiger partial charge on any atom is -0.372 e. The Kier molecular flexibility index (Phi) is 4.51. The van der Waals surface area contributed by atoms with E-state index < -0.39 is 5.54 Å². The molecule has 98 valence electrons. The molecule has 1 aliphatic rings. The van der Waals surface area contributed by atoms with Gasteiger partial charge in [-0.25, -0.2) is 0 Å². The molecule has 0 aromatic rings. The van der Waals surface area contributed by atoms with Crippen molar-refractivity contribution in [1.29, 1.82) is 0 Å². The van der Waals surface area contributed by atoms with E-state index >= 15 is 0 Å². The number of ether oxygens (including phenoxy) is 1. The van der Waals surface area contributed by atoms with E-state index in [0.29, 0.717) is 19.7 Å². The van der Waals surface area contributed by atoms with Crippen LogP contribution in [0.5, 0.6) is 0 Å². The van der Waals surface area contributed by atoms with Gasteiger partial charge < -0.3 is 14.5 Å². The Morgan fingerprint density at radius 3 is 2.65 bits per heavy atom. The zero-order valence-electron chi connectivity index (χ0n) is 11.2. The second-order valence-electron chi connectivity index (χ2n) is 4.88. The van der Waals surface area contributed by atoms with Crippen LogP contribution in [-0.2, 0) is 14.3 Å². The monoisotopic (exact) mass is 242 g/mol. The Hall–Kier alpha value is -1.10. The maximum Gasteiger partial charge on any atom is 0.249 e. The Labute approximate surface area is 103 Å². The van der Waals surface area contributed by atoms with Gasteiger partial charge in [0.25, 0.3) is 0 Å². The molecule has 1 rings (SSSR count). The van der Waals surface area contributed by atoms with Gasteiger partial charge in [0, 0.05) is 26.7 Å². The molecule has 2 amide bonds. The van der Waals surface area contributed by atoms with E-state index in [0.717, 1.165) is 6.42 Å². The van der Waals surface area contributed by atoms with E-state index in [9.17, 15) is 9.59 Å². The summed E-state index contributed by atoms with van der Waals surface area (Å²) >= 11 is 0. The number of hydrogen-bond donors (Lipinski definition) is 0. The fourth-order valence-electron chi connectivity index (χ4n) is 2.03. The van der Waals surface area contributed by atoms with Crippen molar-refractivity contribution in [3.8, 4) is 0 Å². The SMILES string of the molecule is CCCOCC(=O)N1CCN(C)C(=O)C1(C)C. The van der Waals surface area contributed by atoms with Crippen molar-refractivity contribution in [2.24, 2.45) is 0 Å². The number of piperazine rings is 1. The molecule has 0 radical (unpaired) electrons. The highest BCUT2D eigenvalue weighted by atomic mass is 16.5. The van der Waals surface area contributed by atoms with Gasteiger partial charge >= 0.3 is 0 Å². The standard InChI is InChI=1S/C12H22N2O3/c1-5-8-17-9-10(15)14-7-6-13(4)11(16)12(14,2)3/h5-9H2,1-4H3. The first kappa shape index (κ1) is 14.0. The van der Waals surface area contributed by atoms with Gasteiger partial charge in [-0.05, 0) is 20.3 Å². The molecule has 17 heavy (non-hydrogen) atoms. The Morgan fingerprint density at radius 1 is 1.41 bits per heavy atom. The normalized spacial score (nSPS) is 19.6. The Balaban J connectivity index is 2.64. The summed E-state index contributed by atoms with van der Waals surface area (Å²) in [5, 5.41) is 0. The third-order valence-corrected chi connectivity index (χ3v) is 3.08. The van der Waals surface area contributed by atoms with E-state index in [4.69, 9.17) is 4.74 Å². The van der Waals surface area contributed by atoms with Crippen LogP contribution >= 0.6 is 0 Å². The molecule has 0 spiro atoms. The van der Waals surface area contributed by atoms with Crippen LogP contribution < -0.4 is 0 Å². The molecule has 0 atom stereocenters. The summed E-state index contributed by atoms with van der Waals surface area (Å²) in [6, 6.07) is 0. The van der Waals surface area contributed by atoms with Crippen LogP contribution in [0.2, 0.25) is 0 Å². The summed E-state index contributed by atoms with van der Waals surface area (Å²) in [7, 11) is 1.76. The number of nitrogens with zero attached hydrogens (tertiary/aromatic N) is 2. The molecule has 1 saturated heterocycles. The fourth-order valence-corrected chi connectivity index (χ4v) is 2.03. The second-order valence-corrected chi connectivity index (χ2v) is 4.88. The van der Waals surface area contributed by atoms with Gasteiger partial charge in [-0.2, -0.15) is 0 Å². The molecular formula is C12H22N2O3. The molecule has 0 aromatic heterocycles. The van der Waals surface area contributed by atoms with E-state index in [-0.39, 0.29) is 18.4 Å². The van der Waals surface area contributed by atoms with Crippen molar-refractivity contribution in [3.63, 3.8) is 0 Å². The summed E-state index contributed by atoms with van der Waals surface area (Å²) in [4.78, 5) is 27.2. The average Bonchev–Trinajstić information content (AvgIpc) is 2.26. The summed E-state index contributed by atoms with van der Waals surface area (Å²) in [6.07, 6.45) is 0.887. The van der Waals surface area contributed by atoms with E-state index in [1.807, 2.05) is 6.92 Å². The molecule has 0 N–H and O–H groups in total. The molecule has 0 aromatic carbocycles. The highest BCUT2D eigenvalue weighted by Crippen LogP contribution is 2.21. The first-order valence-electron chi connectivity index (χ1n) is 6.05. The third kappa shape index (κ3) is 2.97. The van der Waals surface area contributed by atoms with Gasteiger partial charge in [0.1, 0.15) is 12.1 Å². The van der Waals surface area contributed by atoms with E-state index in [1.165, 1.54) is 0 Å². The van der Waals surface area contributed by atoms with E-state index in [2.05, 4.69) is 0 Å². The van der Waals surface area contributed by atoms with Gasteiger partial charge in [0.2, 0.25) is 11.8 Å². The highest BCUT2D eigenvalue weighted by molar-refractivity contribution is 5.92. The predicted octanol–water partition coefficient (Wildman–Crippen LogP) is 0.492. The van der Waals surface area contributed by atoms with Crippen molar-refractivity contribution >= 4 is 11.8 Å². The fraction of sp³-hybridized carbons (Fsp3) is 0.833. The summed E-state index contributed by atoms with van der Waals surface area (Å²) in [5.41, 5.74) is -0.764. The lowest BCUT2D eigenvalue weighted by Gasteiger charge is -2.44. The van der Waals surface area contributed by atoms with Crippen LogP contribution in [-0.4, -0.2) is 60.5 Å². The van der Waals surface area contributed by atoms with Crippen LogP contribution in [0.25, 0.3) is 0 Å². The van der Waals surface area contributed by atoms with Crippen molar-refractivity contribution in [3.05, 3.63) is 0 Å². The molecule has 5 nitrogen and oxygen atoms in total. The summed E-state index contributed by atoms with van der Waals surface area (Å²) in [5.74, 6) is -0.127. The van der Waals surface area contributed by atoms with Gasteiger partial charge in [-0.3, -0.25) is 9.59 Å². The van der Waals surface area contributed by atoms with Gasteiger partial charge in [0.15, 0.2) is 0 Å². The first-order valence-corrected chi connectivity index (χ1v) is 6.05. The van der Waals surface area contributed by atoms with Gasteiger partial charge in [-0.15, -0.1) is 0 Å². The minimum atomic E-state index is -0.764. The molecule has 0 bridgehead atoms. The maximum atomic E-state index is 12.0. The van der Waals surface area contributed by atoms with Crippen LogP contribution in [0.3, 0.4) is 0 Å². The zero-order chi connectivity index (χ0) is 13.1. The number of rotatable bonds is 4. The van der Waals surface area contributed by atoms with Gasteiger partial charge in [0.05, 0.1) is 0 Å². The molecule has 0 unspecified atom stereocenters. The number of hydrogen-bond acceptors (Lipinski definition) is 3. The van der Waals surface area contributed by atoms with E-state index in [1.54, 1.807) is 30.7 Å². The largest absolute Gasteiger partial charge is 0.372 e. The smallest absolute Gasteiger partial charge is 0.249 e. The number of amides is 2. The average molecular weight is 242 g/mol. The molecule has 1 aliphatic heterocycles. The zero-order valence-corrected chi connectivity index (χ0v) is 11.2. The third-order valence-electron chi connectivity index (χ3n) is 3.08. The summed E-state index contributed by atoms with van der Waals surface area (Å²) < 4.78 is 5.24. The molecule has 1 fully saturated rings. The topological polar surface area (TPSA) is 49.9 Å². The van der Waals surface area contributed by atoms with Crippen molar-refractivity contribution < 1.29 is 14.3 Å². The second kappa shape index (κ2) is 5.49. The molecule has 1 heterocycles. The Bertz CT molecular complexity index is 302. The van der Waals surface area contributed by atoms with Crippen LogP contribution in [0.15, 0.2) is 0 Å². The number of likely N-dealkylation sites (N-methyl/N-ethyl adjacent to an activating group) is 1. The minimum absolute atomic E-state index is 0.0207. The van der Waals surface area contributed by atoms with Gasteiger partial charge in [-0.1, -0.05) is 6.92 Å². The molecule has 5 heteroatoms. The molecule has 0 aliphatic carbocycles. The maximum absolute atomic E-state index is 12.0. The quantitative estimate of drug-likeness (QED) is 0.674. The number of carbonyl (C=O) groups excluding carboxylic acids is 2. The van der Waals surface area contributed by atoms with Crippen LogP contribution in [0.1, 0.15) is 27.2 Å². The lowest BCUT2D eigenvalue weighted by Crippen LogP contribution is -2.64. The first-order chi connectivity index (χ1) is 7.91. The van der Waals surface area contributed by atoms with Crippen LogP contribution in [0.4, 0.5) is 0 Å². The Morgan fingerprint density at radius 2 is 2.06 bits per heavy atom. The lowest BCUT2D eigenvalue weighted by molar-refractivity contribution is -0.159. The summed E-state index contributed by atoms with van der Waals surface area (Å²) in [6.45, 7) is 7.35.